The lowest BCUT2D eigenvalue weighted by Crippen LogP contribution is -2.34. The Morgan fingerprint density at radius 1 is 1.14 bits per heavy atom. The summed E-state index contributed by atoms with van der Waals surface area (Å²) in [6.07, 6.45) is 2.18. The first-order chi connectivity index (χ1) is 17.5. The highest BCUT2D eigenvalue weighted by molar-refractivity contribution is 7.18. The van der Waals surface area contributed by atoms with Crippen LogP contribution in [-0.2, 0) is 4.74 Å². The molecule has 36 heavy (non-hydrogen) atoms. The summed E-state index contributed by atoms with van der Waals surface area (Å²) in [5.74, 6) is -0.543. The van der Waals surface area contributed by atoms with Crippen molar-refractivity contribution in [3.05, 3.63) is 69.6 Å². The number of benzene rings is 1. The maximum Gasteiger partial charge on any atom is 0.274 e. The number of halogens is 1. The number of carbonyl (C=O) groups excluding carboxylic acids is 2. The van der Waals surface area contributed by atoms with Crippen LogP contribution in [0.1, 0.15) is 33.0 Å². The van der Waals surface area contributed by atoms with E-state index in [1.165, 1.54) is 11.3 Å². The minimum Gasteiger partial charge on any atom is -0.370 e. The fourth-order valence-corrected chi connectivity index (χ4v) is 5.35. The number of carbonyl (C=O) groups is 2. The summed E-state index contributed by atoms with van der Waals surface area (Å²) in [5.41, 5.74) is 2.58. The summed E-state index contributed by atoms with van der Waals surface area (Å²) in [5, 5.41) is 16.4. The topological polar surface area (TPSA) is 107 Å². The fourth-order valence-electron chi connectivity index (χ4n) is 4.39. The number of nitrogens with zero attached hydrogens (tertiary/aromatic N) is 3. The molecule has 5 rings (SSSR count). The highest BCUT2D eigenvalue weighted by Crippen LogP contribution is 2.35. The molecule has 0 bridgehead atoms. The van der Waals surface area contributed by atoms with Crippen molar-refractivity contribution in [2.75, 3.05) is 41.3 Å². The molecular weight excluding hydrogens is 502 g/mol. The Morgan fingerprint density at radius 3 is 2.69 bits per heavy atom. The molecule has 3 aromatic rings. The molecule has 2 fully saturated rings. The van der Waals surface area contributed by atoms with Crippen molar-refractivity contribution in [1.29, 1.82) is 0 Å². The molecule has 2 aliphatic rings. The predicted molar refractivity (Wildman–Crippen MR) is 140 cm³/mol. The van der Waals surface area contributed by atoms with Gasteiger partial charge in [-0.2, -0.15) is 0 Å². The molecule has 4 heterocycles. The predicted octanol–water partition coefficient (Wildman–Crippen LogP) is 3.56. The van der Waals surface area contributed by atoms with Gasteiger partial charge in [0.05, 0.1) is 33.2 Å². The summed E-state index contributed by atoms with van der Waals surface area (Å²) in [7, 11) is 0. The summed E-state index contributed by atoms with van der Waals surface area (Å²) in [6.45, 7) is 2.43. The number of amides is 2. The Hall–Kier alpha value is -3.18. The van der Waals surface area contributed by atoms with Crippen LogP contribution in [0.5, 0.6) is 0 Å². The van der Waals surface area contributed by atoms with Gasteiger partial charge in [-0.15, -0.1) is 11.3 Å². The second-order valence-corrected chi connectivity index (χ2v) is 10.3. The summed E-state index contributed by atoms with van der Waals surface area (Å²) >= 11 is 7.11. The normalized spacial score (nSPS) is 19.5. The van der Waals surface area contributed by atoms with Gasteiger partial charge in [0.15, 0.2) is 0 Å². The average molecular weight is 528 g/mol. The molecule has 2 saturated heterocycles. The zero-order valence-electron chi connectivity index (χ0n) is 19.4. The van der Waals surface area contributed by atoms with Gasteiger partial charge in [-0.25, -0.2) is 0 Å². The molecule has 0 saturated carbocycles. The molecule has 2 aromatic heterocycles. The fraction of sp³-hybridized carbons (Fsp3) is 0.320. The van der Waals surface area contributed by atoms with Crippen LogP contribution < -0.4 is 20.4 Å². The number of hydrogen-bond donors (Lipinski definition) is 3. The van der Waals surface area contributed by atoms with Gasteiger partial charge < -0.3 is 30.3 Å². The summed E-state index contributed by atoms with van der Waals surface area (Å²) in [4.78, 5) is 33.8. The first-order valence-electron chi connectivity index (χ1n) is 11.7. The van der Waals surface area contributed by atoms with Gasteiger partial charge in [-0.1, -0.05) is 17.7 Å². The van der Waals surface area contributed by atoms with E-state index in [0.29, 0.717) is 32.8 Å². The van der Waals surface area contributed by atoms with Crippen molar-refractivity contribution in [2.24, 2.45) is 0 Å². The van der Waals surface area contributed by atoms with Gasteiger partial charge in [0.1, 0.15) is 5.69 Å². The molecule has 0 aliphatic carbocycles. The Kier molecular flexibility index (Phi) is 7.38. The minimum absolute atomic E-state index is 0.233. The second kappa shape index (κ2) is 10.8. The molecule has 2 unspecified atom stereocenters. The third-order valence-corrected chi connectivity index (χ3v) is 7.40. The van der Waals surface area contributed by atoms with Crippen LogP contribution in [0.15, 0.2) is 54.7 Å². The van der Waals surface area contributed by atoms with Gasteiger partial charge in [-0.3, -0.25) is 14.6 Å². The highest BCUT2D eigenvalue weighted by Gasteiger charge is 2.32. The second-order valence-electron chi connectivity index (χ2n) is 8.62. The van der Waals surface area contributed by atoms with Gasteiger partial charge in [0.25, 0.3) is 11.8 Å². The lowest BCUT2D eigenvalue weighted by atomic mass is 10.2. The molecule has 2 atom stereocenters. The van der Waals surface area contributed by atoms with Crippen LogP contribution in [0.2, 0.25) is 4.34 Å². The van der Waals surface area contributed by atoms with Crippen LogP contribution in [0, 0.1) is 0 Å². The van der Waals surface area contributed by atoms with Gasteiger partial charge in [0, 0.05) is 31.5 Å². The Morgan fingerprint density at radius 2 is 1.97 bits per heavy atom. The third-order valence-electron chi connectivity index (χ3n) is 6.17. The standard InChI is InChI=1S/C25H26ClN5O4S/c26-22-9-8-21(36-22)24(33)28-14-17-15-31(25(34)35-17)16-6-7-20(30-11-3-4-12-30)19(13-16)29-23(32)18-5-1-2-10-27-18/h1-2,5-10,13,17,25,34H,3-4,11-12,14-15H2,(H,28,33)(H,29,32). The number of anilines is 3. The highest BCUT2D eigenvalue weighted by atomic mass is 35.5. The maximum atomic E-state index is 12.9. The first-order valence-corrected chi connectivity index (χ1v) is 12.9. The van der Waals surface area contributed by atoms with Crippen LogP contribution >= 0.6 is 22.9 Å². The van der Waals surface area contributed by atoms with E-state index >= 15 is 0 Å². The molecule has 1 aromatic carbocycles. The molecule has 2 aliphatic heterocycles. The van der Waals surface area contributed by atoms with Crippen LogP contribution in [0.25, 0.3) is 0 Å². The zero-order valence-corrected chi connectivity index (χ0v) is 21.0. The van der Waals surface area contributed by atoms with E-state index in [1.54, 1.807) is 41.4 Å². The molecule has 11 heteroatoms. The number of aliphatic hydroxyl groups excluding tert-OH is 1. The molecule has 2 amide bonds. The molecule has 0 radical (unpaired) electrons. The van der Waals surface area contributed by atoms with Crippen molar-refractivity contribution >= 4 is 51.8 Å². The smallest absolute Gasteiger partial charge is 0.274 e. The molecule has 3 N–H and O–H groups in total. The summed E-state index contributed by atoms with van der Waals surface area (Å²) in [6, 6.07) is 14.2. The van der Waals surface area contributed by atoms with Crippen molar-refractivity contribution in [1.82, 2.24) is 10.3 Å². The number of aromatic nitrogens is 1. The van der Waals surface area contributed by atoms with E-state index in [2.05, 4.69) is 20.5 Å². The van der Waals surface area contributed by atoms with E-state index in [0.717, 1.165) is 31.6 Å². The largest absolute Gasteiger partial charge is 0.370 e. The number of pyridine rings is 1. The van der Waals surface area contributed by atoms with Crippen molar-refractivity contribution in [2.45, 2.75) is 25.4 Å². The quantitative estimate of drug-likeness (QED) is 0.431. The summed E-state index contributed by atoms with van der Waals surface area (Å²) < 4.78 is 6.22. The molecular formula is C25H26ClN5O4S. The maximum absolute atomic E-state index is 12.9. The number of nitrogens with one attached hydrogen (secondary N) is 2. The molecule has 0 spiro atoms. The number of aliphatic hydroxyl groups is 1. The lowest BCUT2D eigenvalue weighted by Gasteiger charge is -2.26. The van der Waals surface area contributed by atoms with E-state index in [-0.39, 0.29) is 18.4 Å². The van der Waals surface area contributed by atoms with E-state index in [4.69, 9.17) is 16.3 Å². The lowest BCUT2D eigenvalue weighted by molar-refractivity contribution is -0.0868. The monoisotopic (exact) mass is 527 g/mol. The Labute approximate surface area is 217 Å². The van der Waals surface area contributed by atoms with Crippen molar-refractivity contribution in [3.63, 3.8) is 0 Å². The van der Waals surface area contributed by atoms with Gasteiger partial charge >= 0.3 is 0 Å². The van der Waals surface area contributed by atoms with E-state index in [9.17, 15) is 14.7 Å². The Bertz CT molecular complexity index is 1230. The molecule has 9 nitrogen and oxygen atoms in total. The van der Waals surface area contributed by atoms with Crippen LogP contribution in [-0.4, -0.2) is 60.6 Å². The average Bonchev–Trinajstić information content (AvgIpc) is 3.65. The van der Waals surface area contributed by atoms with Gasteiger partial charge in [-0.05, 0) is 55.3 Å². The Balaban J connectivity index is 1.31. The minimum atomic E-state index is -1.18. The van der Waals surface area contributed by atoms with E-state index in [1.807, 2.05) is 18.2 Å². The number of hydrogen-bond acceptors (Lipinski definition) is 8. The van der Waals surface area contributed by atoms with Crippen molar-refractivity contribution < 1.29 is 19.4 Å². The van der Waals surface area contributed by atoms with Crippen LogP contribution in [0.4, 0.5) is 17.1 Å². The van der Waals surface area contributed by atoms with Crippen molar-refractivity contribution in [3.8, 4) is 0 Å². The molecule has 188 valence electrons. The number of rotatable bonds is 7. The number of ether oxygens (including phenoxy) is 1. The van der Waals surface area contributed by atoms with E-state index < -0.39 is 12.5 Å². The van der Waals surface area contributed by atoms with Gasteiger partial charge in [0.2, 0.25) is 6.41 Å². The number of thiophene rings is 1. The first kappa shape index (κ1) is 24.5. The van der Waals surface area contributed by atoms with Crippen LogP contribution in [0.3, 0.4) is 0 Å². The zero-order chi connectivity index (χ0) is 25.1. The third kappa shape index (κ3) is 5.46. The SMILES string of the molecule is O=C(Nc1cc(N2CC(CNC(=O)c3ccc(Cl)s3)OC2O)ccc1N1CCCC1)c1ccccn1.